The lowest BCUT2D eigenvalue weighted by molar-refractivity contribution is -0.137. The predicted octanol–water partition coefficient (Wildman–Crippen LogP) is 4.25. The predicted molar refractivity (Wildman–Crippen MR) is 119 cm³/mol. The molecule has 0 radical (unpaired) electrons. The molecule has 6 nitrogen and oxygen atoms in total. The first kappa shape index (κ1) is 24.9. The minimum atomic E-state index is -4.41. The van der Waals surface area contributed by atoms with Crippen molar-refractivity contribution in [2.75, 3.05) is 38.1 Å². The molecule has 0 spiro atoms. The van der Waals surface area contributed by atoms with E-state index in [2.05, 4.69) is 5.32 Å². The number of nitrogens with one attached hydrogen (secondary N) is 1. The molecule has 0 saturated carbocycles. The second-order valence-electron chi connectivity index (χ2n) is 8.80. The van der Waals surface area contributed by atoms with Crippen LogP contribution in [-0.2, 0) is 12.7 Å². The number of amides is 3. The van der Waals surface area contributed by atoms with E-state index in [1.54, 1.807) is 6.07 Å². The SMILES string of the molecule is CN(Cc1cccc(C(F)(F)F)c1)C1CCN(C(=O)c2cc(N3CCNC3=O)c(F)cc2F)CC1. The third-order valence-corrected chi connectivity index (χ3v) is 6.48. The van der Waals surface area contributed by atoms with E-state index in [1.807, 2.05) is 11.9 Å². The molecule has 1 N–H and O–H groups in total. The van der Waals surface area contributed by atoms with Gasteiger partial charge >= 0.3 is 12.2 Å². The van der Waals surface area contributed by atoms with Crippen molar-refractivity contribution in [3.8, 4) is 0 Å². The van der Waals surface area contributed by atoms with Crippen molar-refractivity contribution < 1.29 is 31.5 Å². The summed E-state index contributed by atoms with van der Waals surface area (Å²) in [5.41, 5.74) is -0.624. The Morgan fingerprint density at radius 1 is 1.09 bits per heavy atom. The highest BCUT2D eigenvalue weighted by Gasteiger charge is 2.32. The minimum absolute atomic E-state index is 0.0236. The fourth-order valence-electron chi connectivity index (χ4n) is 4.55. The van der Waals surface area contributed by atoms with Crippen molar-refractivity contribution in [1.82, 2.24) is 15.1 Å². The average molecular weight is 496 g/mol. The molecular weight excluding hydrogens is 471 g/mol. The van der Waals surface area contributed by atoms with Gasteiger partial charge in [-0.2, -0.15) is 13.2 Å². The van der Waals surface area contributed by atoms with Gasteiger partial charge < -0.3 is 10.2 Å². The molecule has 2 fully saturated rings. The molecule has 0 unspecified atom stereocenters. The molecule has 2 saturated heterocycles. The molecule has 0 bridgehead atoms. The lowest BCUT2D eigenvalue weighted by Gasteiger charge is -2.37. The number of halogens is 5. The zero-order valence-corrected chi connectivity index (χ0v) is 19.0. The van der Waals surface area contributed by atoms with Gasteiger partial charge in [0, 0.05) is 44.8 Å². The summed E-state index contributed by atoms with van der Waals surface area (Å²) < 4.78 is 67.7. The maximum Gasteiger partial charge on any atom is 0.416 e. The van der Waals surface area contributed by atoms with E-state index in [1.165, 1.54) is 11.0 Å². The first-order valence-corrected chi connectivity index (χ1v) is 11.2. The van der Waals surface area contributed by atoms with E-state index in [-0.39, 0.29) is 23.8 Å². The topological polar surface area (TPSA) is 55.9 Å². The van der Waals surface area contributed by atoms with Gasteiger partial charge in [0.1, 0.15) is 11.6 Å². The largest absolute Gasteiger partial charge is 0.416 e. The Balaban J connectivity index is 1.40. The highest BCUT2D eigenvalue weighted by molar-refractivity contribution is 5.98. The van der Waals surface area contributed by atoms with Crippen LogP contribution in [0, 0.1) is 11.6 Å². The number of rotatable bonds is 5. The van der Waals surface area contributed by atoms with Gasteiger partial charge in [0.25, 0.3) is 5.91 Å². The third-order valence-electron chi connectivity index (χ3n) is 6.48. The molecule has 0 atom stereocenters. The van der Waals surface area contributed by atoms with E-state index < -0.39 is 35.3 Å². The van der Waals surface area contributed by atoms with Crippen LogP contribution in [0.5, 0.6) is 0 Å². The molecule has 2 aromatic rings. The molecule has 0 aromatic heterocycles. The van der Waals surface area contributed by atoms with E-state index in [0.29, 0.717) is 50.7 Å². The summed E-state index contributed by atoms with van der Waals surface area (Å²) in [5, 5.41) is 2.54. The zero-order valence-electron chi connectivity index (χ0n) is 19.0. The summed E-state index contributed by atoms with van der Waals surface area (Å²) in [6, 6.07) is 6.38. The summed E-state index contributed by atoms with van der Waals surface area (Å²) in [6.07, 6.45) is -3.31. The summed E-state index contributed by atoms with van der Waals surface area (Å²) in [4.78, 5) is 29.4. The number of carbonyl (C=O) groups is 2. The Morgan fingerprint density at radius 3 is 2.43 bits per heavy atom. The van der Waals surface area contributed by atoms with Gasteiger partial charge in [-0.3, -0.25) is 14.6 Å². The summed E-state index contributed by atoms with van der Waals surface area (Å²) in [7, 11) is 1.81. The first-order chi connectivity index (χ1) is 16.5. The molecule has 11 heteroatoms. The molecule has 2 aliphatic rings. The fraction of sp³-hybridized carbons (Fsp3) is 0.417. The lowest BCUT2D eigenvalue weighted by atomic mass is 10.0. The van der Waals surface area contributed by atoms with Crippen LogP contribution in [0.1, 0.15) is 34.3 Å². The number of likely N-dealkylation sites (tertiary alicyclic amines) is 1. The summed E-state index contributed by atoms with van der Waals surface area (Å²) in [6.45, 7) is 1.47. The highest BCUT2D eigenvalue weighted by Crippen LogP contribution is 2.30. The van der Waals surface area contributed by atoms with Crippen LogP contribution in [0.2, 0.25) is 0 Å². The Morgan fingerprint density at radius 2 is 1.80 bits per heavy atom. The highest BCUT2D eigenvalue weighted by atomic mass is 19.4. The maximum absolute atomic E-state index is 14.5. The van der Waals surface area contributed by atoms with Crippen molar-refractivity contribution >= 4 is 17.6 Å². The van der Waals surface area contributed by atoms with Crippen molar-refractivity contribution in [2.45, 2.75) is 31.6 Å². The van der Waals surface area contributed by atoms with Gasteiger partial charge in [-0.05, 0) is 37.6 Å². The van der Waals surface area contributed by atoms with E-state index >= 15 is 0 Å². The van der Waals surface area contributed by atoms with E-state index in [0.717, 1.165) is 23.1 Å². The average Bonchev–Trinajstić information content (AvgIpc) is 3.24. The van der Waals surface area contributed by atoms with Crippen molar-refractivity contribution in [3.63, 3.8) is 0 Å². The van der Waals surface area contributed by atoms with E-state index in [9.17, 15) is 31.5 Å². The van der Waals surface area contributed by atoms with Gasteiger partial charge in [-0.1, -0.05) is 18.2 Å². The molecule has 35 heavy (non-hydrogen) atoms. The van der Waals surface area contributed by atoms with Crippen LogP contribution in [0.3, 0.4) is 0 Å². The number of anilines is 1. The Kier molecular flexibility index (Phi) is 6.98. The summed E-state index contributed by atoms with van der Waals surface area (Å²) >= 11 is 0. The molecule has 2 heterocycles. The smallest absolute Gasteiger partial charge is 0.338 e. The quantitative estimate of drug-likeness (QED) is 0.630. The summed E-state index contributed by atoms with van der Waals surface area (Å²) in [5.74, 6) is -2.52. The number of nitrogens with zero attached hydrogens (tertiary/aromatic N) is 3. The normalized spacial score (nSPS) is 17.3. The van der Waals surface area contributed by atoms with Crippen molar-refractivity contribution in [3.05, 3.63) is 64.7 Å². The molecule has 2 aliphatic heterocycles. The number of urea groups is 1. The Labute approximate surface area is 199 Å². The number of alkyl halides is 3. The van der Waals surface area contributed by atoms with Gasteiger partial charge in [0.15, 0.2) is 0 Å². The lowest BCUT2D eigenvalue weighted by Crippen LogP contribution is -2.45. The number of benzene rings is 2. The van der Waals surface area contributed by atoms with Crippen LogP contribution in [0.25, 0.3) is 0 Å². The zero-order chi connectivity index (χ0) is 25.3. The fourth-order valence-corrected chi connectivity index (χ4v) is 4.55. The second kappa shape index (κ2) is 9.80. The molecule has 3 amide bonds. The number of hydrogen-bond acceptors (Lipinski definition) is 3. The van der Waals surface area contributed by atoms with Crippen LogP contribution in [-0.4, -0.2) is 61.0 Å². The molecule has 2 aromatic carbocycles. The van der Waals surface area contributed by atoms with Crippen molar-refractivity contribution in [2.24, 2.45) is 0 Å². The maximum atomic E-state index is 14.5. The van der Waals surface area contributed by atoms with Crippen LogP contribution in [0.15, 0.2) is 36.4 Å². The Bertz CT molecular complexity index is 1120. The van der Waals surface area contributed by atoms with Crippen molar-refractivity contribution in [1.29, 1.82) is 0 Å². The standard InChI is InChI=1S/C24H25F5N4O2/c1-31(14-15-3-2-4-16(11-15)24(27,28)29)17-5-8-32(9-6-17)22(34)18-12-21(20(26)13-19(18)25)33-10-7-30-23(33)35/h2-4,11-13,17H,5-10,14H2,1H3,(H,30,35). The molecule has 0 aliphatic carbocycles. The third kappa shape index (κ3) is 5.39. The second-order valence-corrected chi connectivity index (χ2v) is 8.80. The van der Waals surface area contributed by atoms with Gasteiger partial charge in [-0.15, -0.1) is 0 Å². The number of hydrogen-bond donors (Lipinski definition) is 1. The monoisotopic (exact) mass is 496 g/mol. The Hall–Kier alpha value is -3.21. The van der Waals surface area contributed by atoms with Crippen LogP contribution < -0.4 is 10.2 Å². The molecule has 4 rings (SSSR count). The van der Waals surface area contributed by atoms with Gasteiger partial charge in [0.2, 0.25) is 0 Å². The minimum Gasteiger partial charge on any atom is -0.338 e. The van der Waals surface area contributed by atoms with Gasteiger partial charge in [0.05, 0.1) is 16.8 Å². The molecular formula is C24H25F5N4O2. The number of piperidine rings is 1. The first-order valence-electron chi connectivity index (χ1n) is 11.2. The van der Waals surface area contributed by atoms with E-state index in [4.69, 9.17) is 0 Å². The van der Waals surface area contributed by atoms with Crippen LogP contribution in [0.4, 0.5) is 32.4 Å². The van der Waals surface area contributed by atoms with Gasteiger partial charge in [-0.25, -0.2) is 13.6 Å². The molecule has 188 valence electrons. The number of carbonyl (C=O) groups excluding carboxylic acids is 2. The van der Waals surface area contributed by atoms with Crippen LogP contribution >= 0.6 is 0 Å².